The average molecular weight is 193 g/mol. The Morgan fingerprint density at radius 2 is 2.22 bits per heavy atom. The third kappa shape index (κ3) is 4.97. The summed E-state index contributed by atoms with van der Waals surface area (Å²) in [7, 11) is -7.04. The Hall–Kier alpha value is 0.500. The fraction of sp³-hybridized carbons (Fsp3) is 1.00. The van der Waals surface area contributed by atoms with Crippen molar-refractivity contribution >= 4 is 27.5 Å². The lowest BCUT2D eigenvalue weighted by Gasteiger charge is -1.93. The van der Waals surface area contributed by atoms with Crippen LogP contribution >= 0.6 is 27.5 Å². The first-order chi connectivity index (χ1) is 3.98. The van der Waals surface area contributed by atoms with Crippen molar-refractivity contribution in [3.8, 4) is 0 Å². The predicted molar refractivity (Wildman–Crippen MR) is 31.5 cm³/mol. The van der Waals surface area contributed by atoms with Gasteiger partial charge < -0.3 is 4.89 Å². The first-order valence-corrected chi connectivity index (χ1v) is 5.14. The van der Waals surface area contributed by atoms with Gasteiger partial charge in [0.2, 0.25) is 0 Å². The SMILES string of the molecule is O=[P+](O)OP(=O)(O)CCl. The third-order valence-corrected chi connectivity index (χ3v) is 3.14. The Morgan fingerprint density at radius 3 is 2.33 bits per heavy atom. The molecule has 2 N–H and O–H groups in total. The highest BCUT2D eigenvalue weighted by Gasteiger charge is 2.31. The molecule has 0 amide bonds. The van der Waals surface area contributed by atoms with E-state index in [9.17, 15) is 9.13 Å². The van der Waals surface area contributed by atoms with E-state index in [4.69, 9.17) is 21.4 Å². The number of rotatable bonds is 3. The standard InChI is InChI=1S/CH3ClO5P2/c2-1-9(5,6)7-8(3)4/h1H2,(H-,3,4,5,6)/p+1. The monoisotopic (exact) mass is 193 g/mol. The molecule has 5 nitrogen and oxygen atoms in total. The second-order valence-electron chi connectivity index (χ2n) is 1.08. The molecule has 0 radical (unpaired) electrons. The average Bonchev–Trinajstić information content (AvgIpc) is 1.63. The summed E-state index contributed by atoms with van der Waals surface area (Å²) >= 11 is 4.86. The van der Waals surface area contributed by atoms with Crippen LogP contribution in [0.15, 0.2) is 0 Å². The van der Waals surface area contributed by atoms with Gasteiger partial charge in [0.1, 0.15) is 5.62 Å². The Balaban J connectivity index is 3.88. The summed E-state index contributed by atoms with van der Waals surface area (Å²) in [5.41, 5.74) is -0.686. The van der Waals surface area contributed by atoms with Gasteiger partial charge in [-0.1, -0.05) is 0 Å². The fourth-order valence-corrected chi connectivity index (χ4v) is 1.57. The lowest BCUT2D eigenvalue weighted by atomic mass is 11.9. The van der Waals surface area contributed by atoms with Crippen LogP contribution in [0, 0.1) is 0 Å². The zero-order valence-corrected chi connectivity index (χ0v) is 6.64. The minimum Gasteiger partial charge on any atom is -0.321 e. The van der Waals surface area contributed by atoms with E-state index < -0.39 is 21.5 Å². The van der Waals surface area contributed by atoms with Crippen LogP contribution in [-0.2, 0) is 13.4 Å². The van der Waals surface area contributed by atoms with E-state index >= 15 is 0 Å². The lowest BCUT2D eigenvalue weighted by molar-refractivity contribution is 0.354. The molecule has 8 heteroatoms. The van der Waals surface area contributed by atoms with E-state index in [1.165, 1.54) is 0 Å². The molecule has 9 heavy (non-hydrogen) atoms. The van der Waals surface area contributed by atoms with Crippen LogP contribution in [0.25, 0.3) is 0 Å². The van der Waals surface area contributed by atoms with Gasteiger partial charge in [0.15, 0.2) is 0 Å². The van der Waals surface area contributed by atoms with Crippen LogP contribution in [0.4, 0.5) is 0 Å². The molecule has 0 fully saturated rings. The maximum atomic E-state index is 10.3. The smallest absolute Gasteiger partial charge is 0.321 e. The summed E-state index contributed by atoms with van der Waals surface area (Å²) in [5.74, 6) is 0. The molecule has 0 heterocycles. The maximum Gasteiger partial charge on any atom is 0.703 e. The van der Waals surface area contributed by atoms with Crippen LogP contribution in [0.1, 0.15) is 0 Å². The molecule has 2 unspecified atom stereocenters. The zero-order valence-electron chi connectivity index (χ0n) is 4.10. The summed E-state index contributed by atoms with van der Waals surface area (Å²) < 4.78 is 23.6. The van der Waals surface area contributed by atoms with Crippen molar-refractivity contribution in [2.45, 2.75) is 0 Å². The first kappa shape index (κ1) is 9.50. The van der Waals surface area contributed by atoms with Gasteiger partial charge in [0.25, 0.3) is 0 Å². The molecular weight excluding hydrogens is 189 g/mol. The molecule has 0 spiro atoms. The van der Waals surface area contributed by atoms with E-state index in [0.29, 0.717) is 0 Å². The van der Waals surface area contributed by atoms with Gasteiger partial charge >= 0.3 is 15.9 Å². The molecule has 54 valence electrons. The van der Waals surface area contributed by atoms with Gasteiger partial charge in [0, 0.05) is 4.57 Å². The van der Waals surface area contributed by atoms with Crippen molar-refractivity contribution in [2.75, 3.05) is 5.62 Å². The first-order valence-electron chi connectivity index (χ1n) is 1.71. The second kappa shape index (κ2) is 3.62. The minimum atomic E-state index is -4.00. The Morgan fingerprint density at radius 1 is 1.78 bits per heavy atom. The summed E-state index contributed by atoms with van der Waals surface area (Å²) in [6.07, 6.45) is 0. The quantitative estimate of drug-likeness (QED) is 0.517. The zero-order chi connectivity index (χ0) is 7.49. The van der Waals surface area contributed by atoms with Gasteiger partial charge in [-0.25, -0.2) is 0 Å². The molecule has 0 bridgehead atoms. The third-order valence-electron chi connectivity index (χ3n) is 0.348. The summed E-state index contributed by atoms with van der Waals surface area (Å²) in [5, 5.41) is 0. The molecule has 0 aliphatic rings. The van der Waals surface area contributed by atoms with E-state index in [2.05, 4.69) is 4.31 Å². The van der Waals surface area contributed by atoms with Crippen LogP contribution in [0.2, 0.25) is 0 Å². The van der Waals surface area contributed by atoms with E-state index in [-0.39, 0.29) is 0 Å². The molecule has 0 rings (SSSR count). The fourth-order valence-electron chi connectivity index (χ4n) is 0.131. The summed E-state index contributed by atoms with van der Waals surface area (Å²) in [4.78, 5) is 16.3. The highest BCUT2D eigenvalue weighted by molar-refractivity contribution is 7.60. The van der Waals surface area contributed by atoms with Gasteiger partial charge in [-0.2, -0.15) is 0 Å². The molecule has 0 aromatic rings. The molecule has 0 saturated carbocycles. The topological polar surface area (TPSA) is 83.8 Å². The van der Waals surface area contributed by atoms with Crippen molar-refractivity contribution in [1.82, 2.24) is 0 Å². The molecule has 2 atom stereocenters. The van der Waals surface area contributed by atoms with Gasteiger partial charge in [-0.15, -0.1) is 16.5 Å². The Kier molecular flexibility index (Phi) is 3.82. The number of halogens is 1. The number of alkyl halides is 1. The van der Waals surface area contributed by atoms with E-state index in [1.807, 2.05) is 0 Å². The molecular formula is CH4ClO5P2+. The highest BCUT2D eigenvalue weighted by atomic mass is 35.5. The van der Waals surface area contributed by atoms with Gasteiger partial charge in [0.05, 0.1) is 0 Å². The summed E-state index contributed by atoms with van der Waals surface area (Å²) in [6.45, 7) is 0. The van der Waals surface area contributed by atoms with Crippen molar-refractivity contribution in [2.24, 2.45) is 0 Å². The minimum absolute atomic E-state index is 0.686. The van der Waals surface area contributed by atoms with E-state index in [0.717, 1.165) is 0 Å². The molecule has 0 saturated heterocycles. The molecule has 0 aliphatic carbocycles. The van der Waals surface area contributed by atoms with E-state index in [1.54, 1.807) is 0 Å². The highest BCUT2D eigenvalue weighted by Crippen LogP contribution is 2.50. The predicted octanol–water partition coefficient (Wildman–Crippen LogP) is 1.03. The lowest BCUT2D eigenvalue weighted by Crippen LogP contribution is -1.80. The molecule has 0 aromatic carbocycles. The number of hydrogen-bond donors (Lipinski definition) is 2. The molecule has 0 aliphatic heterocycles. The molecule has 0 aromatic heterocycles. The second-order valence-corrected chi connectivity index (χ2v) is 4.44. The number of hydrogen-bond acceptors (Lipinski definition) is 3. The Bertz CT molecular complexity index is 155. The van der Waals surface area contributed by atoms with Gasteiger partial charge in [-0.3, -0.25) is 4.57 Å². The van der Waals surface area contributed by atoms with Gasteiger partial charge in [-0.05, 0) is 4.31 Å². The largest absolute Gasteiger partial charge is 0.703 e. The van der Waals surface area contributed by atoms with Crippen LogP contribution in [0.3, 0.4) is 0 Å². The van der Waals surface area contributed by atoms with Crippen molar-refractivity contribution in [3.63, 3.8) is 0 Å². The normalized spacial score (nSPS) is 18.8. The van der Waals surface area contributed by atoms with Crippen LogP contribution in [-0.4, -0.2) is 15.4 Å². The van der Waals surface area contributed by atoms with Crippen LogP contribution < -0.4 is 0 Å². The van der Waals surface area contributed by atoms with Crippen molar-refractivity contribution in [1.29, 1.82) is 0 Å². The summed E-state index contributed by atoms with van der Waals surface area (Å²) in [6, 6.07) is 0. The maximum absolute atomic E-state index is 10.3. The van der Waals surface area contributed by atoms with Crippen molar-refractivity contribution < 1.29 is 23.2 Å². The Labute approximate surface area is 57.1 Å². The van der Waals surface area contributed by atoms with Crippen molar-refractivity contribution in [3.05, 3.63) is 0 Å². The van der Waals surface area contributed by atoms with Crippen LogP contribution in [0.5, 0.6) is 0 Å².